The van der Waals surface area contributed by atoms with Crippen molar-refractivity contribution in [2.24, 2.45) is 0 Å². The normalized spacial score (nSPS) is 12.1. The van der Waals surface area contributed by atoms with Gasteiger partial charge in [0.05, 0.1) is 12.6 Å². The van der Waals surface area contributed by atoms with Crippen LogP contribution in [0, 0.1) is 0 Å². The summed E-state index contributed by atoms with van der Waals surface area (Å²) >= 11 is 0. The maximum atomic E-state index is 11.8. The summed E-state index contributed by atoms with van der Waals surface area (Å²) < 4.78 is 7.30. The third kappa shape index (κ3) is 4.20. The first-order valence-electron chi connectivity index (χ1n) is 7.30. The summed E-state index contributed by atoms with van der Waals surface area (Å²) in [5.74, 6) is 0.882. The molecule has 1 aromatic carbocycles. The van der Waals surface area contributed by atoms with Crippen molar-refractivity contribution in [1.82, 2.24) is 9.88 Å². The van der Waals surface area contributed by atoms with Crippen molar-refractivity contribution in [3.8, 4) is 5.75 Å². The van der Waals surface area contributed by atoms with E-state index in [0.29, 0.717) is 6.54 Å². The van der Waals surface area contributed by atoms with E-state index in [0.717, 1.165) is 24.3 Å². The van der Waals surface area contributed by atoms with E-state index in [4.69, 9.17) is 4.74 Å². The zero-order valence-electron chi connectivity index (χ0n) is 12.6. The van der Waals surface area contributed by atoms with E-state index < -0.39 is 0 Å². The van der Waals surface area contributed by atoms with Crippen LogP contribution >= 0.6 is 0 Å². The van der Waals surface area contributed by atoms with Gasteiger partial charge in [-0.15, -0.1) is 0 Å². The zero-order valence-corrected chi connectivity index (χ0v) is 12.6. The molecule has 4 heteroatoms. The van der Waals surface area contributed by atoms with Crippen LogP contribution in [-0.4, -0.2) is 18.2 Å². The van der Waals surface area contributed by atoms with Gasteiger partial charge >= 0.3 is 0 Å². The number of likely N-dealkylation sites (N-methyl/N-ethyl adjacent to an activating group) is 1. The molecule has 0 spiro atoms. The van der Waals surface area contributed by atoms with Gasteiger partial charge < -0.3 is 14.6 Å². The summed E-state index contributed by atoms with van der Waals surface area (Å²) in [6.45, 7) is 3.42. The predicted octanol–water partition coefficient (Wildman–Crippen LogP) is 2.60. The lowest BCUT2D eigenvalue weighted by Crippen LogP contribution is -2.27. The third-order valence-electron chi connectivity index (χ3n) is 3.38. The summed E-state index contributed by atoms with van der Waals surface area (Å²) in [6, 6.07) is 13.3. The van der Waals surface area contributed by atoms with Gasteiger partial charge in [-0.05, 0) is 37.2 Å². The van der Waals surface area contributed by atoms with Crippen LogP contribution in [0.25, 0.3) is 0 Å². The molecular formula is C17H22N2O2. The quantitative estimate of drug-likeness (QED) is 0.851. The van der Waals surface area contributed by atoms with Crippen molar-refractivity contribution in [3.63, 3.8) is 0 Å². The number of hydrogen-bond donors (Lipinski definition) is 1. The first-order chi connectivity index (χ1) is 10.2. The van der Waals surface area contributed by atoms with Gasteiger partial charge in [0.15, 0.2) is 0 Å². The average Bonchev–Trinajstić information content (AvgIpc) is 2.53. The molecule has 21 heavy (non-hydrogen) atoms. The fourth-order valence-corrected chi connectivity index (χ4v) is 2.19. The minimum absolute atomic E-state index is 0.0145. The molecule has 0 aliphatic rings. The molecule has 1 aromatic heterocycles. The van der Waals surface area contributed by atoms with E-state index >= 15 is 0 Å². The molecule has 0 bridgehead atoms. The Hall–Kier alpha value is -2.07. The van der Waals surface area contributed by atoms with Crippen molar-refractivity contribution in [3.05, 3.63) is 64.6 Å². The Kier molecular flexibility index (Phi) is 5.58. The summed E-state index contributed by atoms with van der Waals surface area (Å²) in [5.41, 5.74) is 1.15. The number of nitrogens with zero attached hydrogens (tertiary/aromatic N) is 1. The number of hydrogen-bond acceptors (Lipinski definition) is 3. The smallest absolute Gasteiger partial charge is 0.250 e. The van der Waals surface area contributed by atoms with Crippen molar-refractivity contribution in [1.29, 1.82) is 0 Å². The van der Waals surface area contributed by atoms with Gasteiger partial charge in [0.2, 0.25) is 0 Å². The third-order valence-corrected chi connectivity index (χ3v) is 3.38. The van der Waals surface area contributed by atoms with Crippen LogP contribution in [0.3, 0.4) is 0 Å². The van der Waals surface area contributed by atoms with Crippen LogP contribution in [0.2, 0.25) is 0 Å². The fourth-order valence-electron chi connectivity index (χ4n) is 2.19. The predicted molar refractivity (Wildman–Crippen MR) is 84.7 cm³/mol. The highest BCUT2D eigenvalue weighted by Crippen LogP contribution is 2.19. The first-order valence-corrected chi connectivity index (χ1v) is 7.30. The van der Waals surface area contributed by atoms with E-state index in [-0.39, 0.29) is 11.6 Å². The molecule has 1 N–H and O–H groups in total. The molecule has 1 heterocycles. The minimum atomic E-state index is 0.0145. The Morgan fingerprint density at radius 3 is 2.57 bits per heavy atom. The van der Waals surface area contributed by atoms with E-state index in [1.54, 1.807) is 16.7 Å². The molecule has 0 saturated carbocycles. The second-order valence-electron chi connectivity index (χ2n) is 4.95. The van der Waals surface area contributed by atoms with E-state index in [1.165, 1.54) is 0 Å². The van der Waals surface area contributed by atoms with Gasteiger partial charge in [-0.2, -0.15) is 0 Å². The molecule has 0 saturated heterocycles. The van der Waals surface area contributed by atoms with Gasteiger partial charge in [0.1, 0.15) is 5.75 Å². The number of benzene rings is 1. The molecule has 1 atom stereocenters. The topological polar surface area (TPSA) is 43.3 Å². The Bertz CT molecular complexity index is 605. The van der Waals surface area contributed by atoms with Crippen LogP contribution in [0.4, 0.5) is 0 Å². The highest BCUT2D eigenvalue weighted by Gasteiger charge is 2.10. The fraction of sp³-hybridized carbons (Fsp3) is 0.353. The SMILES string of the molecule is CCCOc1ccc(C(Cn2ccccc2=O)NC)cc1. The van der Waals surface area contributed by atoms with Crippen LogP contribution in [0.15, 0.2) is 53.5 Å². The average molecular weight is 286 g/mol. The highest BCUT2D eigenvalue weighted by atomic mass is 16.5. The van der Waals surface area contributed by atoms with Crippen molar-refractivity contribution >= 4 is 0 Å². The van der Waals surface area contributed by atoms with Gasteiger partial charge in [0, 0.05) is 18.8 Å². The Morgan fingerprint density at radius 1 is 1.19 bits per heavy atom. The first kappa shape index (κ1) is 15.3. The lowest BCUT2D eigenvalue weighted by atomic mass is 10.1. The lowest BCUT2D eigenvalue weighted by molar-refractivity contribution is 0.317. The maximum Gasteiger partial charge on any atom is 0.250 e. The van der Waals surface area contributed by atoms with E-state index in [9.17, 15) is 4.79 Å². The van der Waals surface area contributed by atoms with Crippen molar-refractivity contribution < 1.29 is 4.74 Å². The molecule has 1 unspecified atom stereocenters. The Balaban J connectivity index is 2.10. The van der Waals surface area contributed by atoms with Crippen LogP contribution < -0.4 is 15.6 Å². The molecule has 0 radical (unpaired) electrons. The Labute approximate surface area is 125 Å². The molecule has 0 aliphatic heterocycles. The number of rotatable bonds is 7. The summed E-state index contributed by atoms with van der Waals surface area (Å²) in [4.78, 5) is 11.8. The monoisotopic (exact) mass is 286 g/mol. The highest BCUT2D eigenvalue weighted by molar-refractivity contribution is 5.29. The molecule has 2 rings (SSSR count). The number of pyridine rings is 1. The zero-order chi connectivity index (χ0) is 15.1. The van der Waals surface area contributed by atoms with Gasteiger partial charge in [-0.3, -0.25) is 4.79 Å². The second kappa shape index (κ2) is 7.64. The number of aromatic nitrogens is 1. The van der Waals surface area contributed by atoms with Gasteiger partial charge in [-0.25, -0.2) is 0 Å². The van der Waals surface area contributed by atoms with Gasteiger partial charge in [-0.1, -0.05) is 25.1 Å². The summed E-state index contributed by atoms with van der Waals surface area (Å²) in [5, 5.41) is 3.26. The van der Waals surface area contributed by atoms with Crippen molar-refractivity contribution in [2.75, 3.05) is 13.7 Å². The van der Waals surface area contributed by atoms with Crippen LogP contribution in [0.1, 0.15) is 24.9 Å². The molecule has 0 aliphatic carbocycles. The van der Waals surface area contributed by atoms with Crippen LogP contribution in [-0.2, 0) is 6.54 Å². The maximum absolute atomic E-state index is 11.8. The molecule has 0 fully saturated rings. The molecule has 4 nitrogen and oxygen atoms in total. The lowest BCUT2D eigenvalue weighted by Gasteiger charge is -2.18. The van der Waals surface area contributed by atoms with E-state index in [1.807, 2.05) is 43.6 Å². The molecular weight excluding hydrogens is 264 g/mol. The minimum Gasteiger partial charge on any atom is -0.494 e. The summed E-state index contributed by atoms with van der Waals surface area (Å²) in [7, 11) is 1.90. The number of nitrogens with one attached hydrogen (secondary N) is 1. The number of ether oxygens (including phenoxy) is 1. The summed E-state index contributed by atoms with van der Waals surface area (Å²) in [6.07, 6.45) is 2.81. The largest absolute Gasteiger partial charge is 0.494 e. The molecule has 112 valence electrons. The second-order valence-corrected chi connectivity index (χ2v) is 4.95. The standard InChI is InChI=1S/C17H22N2O2/c1-3-12-21-15-9-7-14(8-10-15)16(18-2)13-19-11-5-4-6-17(19)20/h4-11,16,18H,3,12-13H2,1-2H3. The van der Waals surface area contributed by atoms with Crippen molar-refractivity contribution in [2.45, 2.75) is 25.9 Å². The molecule has 2 aromatic rings. The Morgan fingerprint density at radius 2 is 1.95 bits per heavy atom. The molecule has 0 amide bonds. The van der Waals surface area contributed by atoms with Gasteiger partial charge in [0.25, 0.3) is 5.56 Å². The van der Waals surface area contributed by atoms with E-state index in [2.05, 4.69) is 12.2 Å². The van der Waals surface area contributed by atoms with Crippen LogP contribution in [0.5, 0.6) is 5.75 Å².